The molecule has 1 aromatic carbocycles. The third kappa shape index (κ3) is 5.88. The Balaban J connectivity index is 0.00000242. The quantitative estimate of drug-likeness (QED) is 0.806. The SMILES string of the molecule is CN[C@@H](CNCC1CCN(C(C)C)CC1)c1ccccc1.Cl. The van der Waals surface area contributed by atoms with Crippen molar-refractivity contribution in [2.75, 3.05) is 33.2 Å². The van der Waals surface area contributed by atoms with Gasteiger partial charge in [-0.25, -0.2) is 0 Å². The van der Waals surface area contributed by atoms with Gasteiger partial charge in [-0.05, 0) is 64.9 Å². The largest absolute Gasteiger partial charge is 0.315 e. The maximum atomic E-state index is 3.67. The van der Waals surface area contributed by atoms with Crippen molar-refractivity contribution in [1.82, 2.24) is 15.5 Å². The van der Waals surface area contributed by atoms with Gasteiger partial charge in [-0.15, -0.1) is 12.4 Å². The first kappa shape index (κ1) is 19.4. The highest BCUT2D eigenvalue weighted by Gasteiger charge is 2.20. The summed E-state index contributed by atoms with van der Waals surface area (Å²) in [4.78, 5) is 2.59. The highest BCUT2D eigenvalue weighted by molar-refractivity contribution is 5.85. The summed E-state index contributed by atoms with van der Waals surface area (Å²) in [6.07, 6.45) is 2.67. The van der Waals surface area contributed by atoms with Gasteiger partial charge in [0.1, 0.15) is 0 Å². The minimum absolute atomic E-state index is 0. The minimum atomic E-state index is 0. The molecule has 0 unspecified atom stereocenters. The zero-order chi connectivity index (χ0) is 15.1. The molecule has 0 saturated carbocycles. The molecule has 0 bridgehead atoms. The van der Waals surface area contributed by atoms with Crippen LogP contribution in [0.4, 0.5) is 0 Å². The van der Waals surface area contributed by atoms with Crippen molar-refractivity contribution in [3.05, 3.63) is 35.9 Å². The molecule has 1 heterocycles. The lowest BCUT2D eigenvalue weighted by atomic mass is 9.96. The Morgan fingerprint density at radius 2 is 1.77 bits per heavy atom. The van der Waals surface area contributed by atoms with Gasteiger partial charge in [-0.2, -0.15) is 0 Å². The molecule has 1 atom stereocenters. The van der Waals surface area contributed by atoms with Crippen LogP contribution in [-0.2, 0) is 0 Å². The Hall–Kier alpha value is -0.610. The van der Waals surface area contributed by atoms with Gasteiger partial charge in [0.15, 0.2) is 0 Å². The summed E-state index contributed by atoms with van der Waals surface area (Å²) >= 11 is 0. The zero-order valence-electron chi connectivity index (χ0n) is 14.2. The third-order valence-corrected chi connectivity index (χ3v) is 4.71. The molecule has 2 N–H and O–H groups in total. The van der Waals surface area contributed by atoms with E-state index in [1.54, 1.807) is 0 Å². The number of rotatable bonds is 7. The normalized spacial score (nSPS) is 18.2. The summed E-state index contributed by atoms with van der Waals surface area (Å²) in [5.41, 5.74) is 1.36. The molecule has 3 nitrogen and oxygen atoms in total. The number of likely N-dealkylation sites (N-methyl/N-ethyl adjacent to an activating group) is 1. The van der Waals surface area contributed by atoms with Crippen molar-refractivity contribution >= 4 is 12.4 Å². The fourth-order valence-electron chi connectivity index (χ4n) is 3.18. The summed E-state index contributed by atoms with van der Waals surface area (Å²) in [5.74, 6) is 0.841. The lowest BCUT2D eigenvalue weighted by molar-refractivity contribution is 0.148. The second-order valence-electron chi connectivity index (χ2n) is 6.48. The maximum Gasteiger partial charge on any atom is 0.0444 e. The number of halogens is 1. The topological polar surface area (TPSA) is 27.3 Å². The fourth-order valence-corrected chi connectivity index (χ4v) is 3.18. The Morgan fingerprint density at radius 3 is 2.32 bits per heavy atom. The molecule has 0 spiro atoms. The van der Waals surface area contributed by atoms with Crippen LogP contribution in [0.5, 0.6) is 0 Å². The average Bonchev–Trinajstić information content (AvgIpc) is 2.53. The summed E-state index contributed by atoms with van der Waals surface area (Å²) < 4.78 is 0. The summed E-state index contributed by atoms with van der Waals surface area (Å²) in [5, 5.41) is 7.07. The van der Waals surface area contributed by atoms with Gasteiger partial charge in [0.05, 0.1) is 0 Å². The predicted octanol–water partition coefficient (Wildman–Crippen LogP) is 3.08. The van der Waals surface area contributed by atoms with Gasteiger partial charge in [-0.1, -0.05) is 30.3 Å². The predicted molar refractivity (Wildman–Crippen MR) is 97.8 cm³/mol. The van der Waals surface area contributed by atoms with E-state index >= 15 is 0 Å². The minimum Gasteiger partial charge on any atom is -0.315 e. The molecule has 1 fully saturated rings. The summed E-state index contributed by atoms with van der Waals surface area (Å²) in [6.45, 7) is 9.28. The van der Waals surface area contributed by atoms with E-state index in [2.05, 4.69) is 59.7 Å². The number of hydrogen-bond acceptors (Lipinski definition) is 3. The van der Waals surface area contributed by atoms with Crippen LogP contribution in [0.3, 0.4) is 0 Å². The van der Waals surface area contributed by atoms with E-state index in [4.69, 9.17) is 0 Å². The second-order valence-corrected chi connectivity index (χ2v) is 6.48. The fraction of sp³-hybridized carbons (Fsp3) is 0.667. The van der Waals surface area contributed by atoms with Crippen LogP contribution >= 0.6 is 12.4 Å². The van der Waals surface area contributed by atoms with Gasteiger partial charge in [0.2, 0.25) is 0 Å². The first-order valence-electron chi connectivity index (χ1n) is 8.37. The van der Waals surface area contributed by atoms with Gasteiger partial charge >= 0.3 is 0 Å². The third-order valence-electron chi connectivity index (χ3n) is 4.71. The van der Waals surface area contributed by atoms with E-state index in [0.717, 1.165) is 19.0 Å². The first-order chi connectivity index (χ1) is 10.2. The summed E-state index contributed by atoms with van der Waals surface area (Å²) in [7, 11) is 2.04. The Kier molecular flexibility index (Phi) is 9.03. The van der Waals surface area contributed by atoms with Crippen molar-refractivity contribution in [3.8, 4) is 0 Å². The lowest BCUT2D eigenvalue weighted by Crippen LogP contribution is -2.41. The molecule has 4 heteroatoms. The number of nitrogens with zero attached hydrogens (tertiary/aromatic N) is 1. The van der Waals surface area contributed by atoms with Crippen LogP contribution in [-0.4, -0.2) is 44.2 Å². The van der Waals surface area contributed by atoms with Crippen molar-refractivity contribution in [1.29, 1.82) is 0 Å². The van der Waals surface area contributed by atoms with Crippen molar-refractivity contribution in [3.63, 3.8) is 0 Å². The van der Waals surface area contributed by atoms with Gasteiger partial charge in [-0.3, -0.25) is 0 Å². The van der Waals surface area contributed by atoms with Gasteiger partial charge in [0.25, 0.3) is 0 Å². The van der Waals surface area contributed by atoms with Crippen LogP contribution in [0.25, 0.3) is 0 Å². The molecule has 0 aromatic heterocycles. The standard InChI is InChI=1S/C18H31N3.ClH/c1-15(2)21-11-9-16(10-12-21)13-20-14-18(19-3)17-7-5-4-6-8-17;/h4-8,15-16,18-20H,9-14H2,1-3H3;1H/t18-;/m0./s1. The highest BCUT2D eigenvalue weighted by Crippen LogP contribution is 2.18. The maximum absolute atomic E-state index is 3.67. The Morgan fingerprint density at radius 1 is 1.14 bits per heavy atom. The van der Waals surface area contributed by atoms with Crippen molar-refractivity contribution in [2.45, 2.75) is 38.8 Å². The number of likely N-dealkylation sites (tertiary alicyclic amines) is 1. The monoisotopic (exact) mass is 325 g/mol. The second kappa shape index (κ2) is 10.2. The molecule has 0 amide bonds. The Bertz CT molecular complexity index is 389. The molecule has 1 aromatic rings. The Labute approximate surface area is 142 Å². The molecule has 1 saturated heterocycles. The van der Waals surface area contributed by atoms with E-state index in [1.807, 2.05) is 7.05 Å². The van der Waals surface area contributed by atoms with E-state index < -0.39 is 0 Å². The van der Waals surface area contributed by atoms with E-state index in [-0.39, 0.29) is 12.4 Å². The van der Waals surface area contributed by atoms with Crippen LogP contribution in [0.1, 0.15) is 38.3 Å². The van der Waals surface area contributed by atoms with Crippen molar-refractivity contribution in [2.24, 2.45) is 5.92 Å². The number of nitrogens with one attached hydrogen (secondary N) is 2. The van der Waals surface area contributed by atoms with Gasteiger partial charge in [0, 0.05) is 18.6 Å². The average molecular weight is 326 g/mol. The molecule has 22 heavy (non-hydrogen) atoms. The van der Waals surface area contributed by atoms with Gasteiger partial charge < -0.3 is 15.5 Å². The zero-order valence-corrected chi connectivity index (χ0v) is 15.0. The van der Waals surface area contributed by atoms with Crippen LogP contribution < -0.4 is 10.6 Å². The molecule has 0 radical (unpaired) electrons. The lowest BCUT2D eigenvalue weighted by Gasteiger charge is -2.34. The van der Waals surface area contributed by atoms with Crippen molar-refractivity contribution < 1.29 is 0 Å². The summed E-state index contributed by atoms with van der Waals surface area (Å²) in [6, 6.07) is 11.8. The van der Waals surface area contributed by atoms with E-state index in [9.17, 15) is 0 Å². The smallest absolute Gasteiger partial charge is 0.0444 e. The molecular weight excluding hydrogens is 294 g/mol. The number of piperidine rings is 1. The molecule has 126 valence electrons. The number of benzene rings is 1. The first-order valence-corrected chi connectivity index (χ1v) is 8.37. The van der Waals surface area contributed by atoms with Crippen LogP contribution in [0, 0.1) is 5.92 Å². The van der Waals surface area contributed by atoms with Crippen LogP contribution in [0.2, 0.25) is 0 Å². The molecular formula is C18H32ClN3. The molecule has 0 aliphatic carbocycles. The van der Waals surface area contributed by atoms with Crippen LogP contribution in [0.15, 0.2) is 30.3 Å². The molecule has 1 aliphatic rings. The molecule has 2 rings (SSSR count). The number of hydrogen-bond donors (Lipinski definition) is 2. The van der Waals surface area contributed by atoms with E-state index in [0.29, 0.717) is 12.1 Å². The highest BCUT2D eigenvalue weighted by atomic mass is 35.5. The van der Waals surface area contributed by atoms with E-state index in [1.165, 1.54) is 31.5 Å². The molecule has 1 aliphatic heterocycles.